The van der Waals surface area contributed by atoms with Gasteiger partial charge in [0.05, 0.1) is 0 Å². The summed E-state index contributed by atoms with van der Waals surface area (Å²) in [5, 5.41) is 0. The number of nitrogen functional groups attached to an aromatic ring is 1. The summed E-state index contributed by atoms with van der Waals surface area (Å²) in [5.74, 6) is 0.520. The van der Waals surface area contributed by atoms with Gasteiger partial charge in [-0.25, -0.2) is 4.98 Å². The minimum absolute atomic E-state index is 0.408. The fourth-order valence-electron chi connectivity index (χ4n) is 1.95. The molecule has 1 aromatic heterocycles. The molecule has 0 aliphatic heterocycles. The molecule has 3 nitrogen and oxygen atoms in total. The summed E-state index contributed by atoms with van der Waals surface area (Å²) in [7, 11) is 0. The monoisotopic (exact) mass is 227 g/mol. The average molecular weight is 227 g/mol. The molecule has 0 aliphatic carbocycles. The highest BCUT2D eigenvalue weighted by Crippen LogP contribution is 2.26. The average Bonchev–Trinajstić information content (AvgIpc) is 2.38. The van der Waals surface area contributed by atoms with Crippen molar-refractivity contribution in [1.29, 1.82) is 0 Å². The molecule has 0 saturated carbocycles. The van der Waals surface area contributed by atoms with E-state index < -0.39 is 0 Å². The Kier molecular flexibility index (Phi) is 3.40. The van der Waals surface area contributed by atoms with Crippen LogP contribution in [0.4, 0.5) is 5.82 Å². The van der Waals surface area contributed by atoms with Crippen molar-refractivity contribution in [1.82, 2.24) is 4.98 Å². The van der Waals surface area contributed by atoms with Crippen LogP contribution in [0.3, 0.4) is 0 Å². The molecule has 3 heteroatoms. The number of nitrogens with two attached hydrogens (primary N) is 2. The molecule has 4 N–H and O–H groups in total. The maximum Gasteiger partial charge on any atom is 0.128 e. The molecule has 1 heterocycles. The van der Waals surface area contributed by atoms with Crippen LogP contribution >= 0.6 is 0 Å². The molecule has 0 spiro atoms. The lowest BCUT2D eigenvalue weighted by molar-refractivity contribution is 1.06. The molecular formula is C14H17N3. The number of pyridine rings is 1. The Labute approximate surface area is 101 Å². The predicted octanol–water partition coefficient (Wildman–Crippen LogP) is 2.35. The Morgan fingerprint density at radius 1 is 1.24 bits per heavy atom. The third-order valence-electron chi connectivity index (χ3n) is 2.94. The lowest BCUT2D eigenvalue weighted by Crippen LogP contribution is -2.05. The van der Waals surface area contributed by atoms with Crippen LogP contribution in [0.15, 0.2) is 36.5 Å². The number of nitrogens with zero attached hydrogens (tertiary/aromatic N) is 1. The van der Waals surface area contributed by atoms with Crippen LogP contribution in [-0.2, 0) is 13.0 Å². The van der Waals surface area contributed by atoms with Gasteiger partial charge in [0.1, 0.15) is 5.82 Å². The van der Waals surface area contributed by atoms with Crippen LogP contribution in [0, 0.1) is 0 Å². The maximum absolute atomic E-state index is 5.85. The second-order valence-electron chi connectivity index (χ2n) is 3.98. The summed E-state index contributed by atoms with van der Waals surface area (Å²) in [4.78, 5) is 4.08. The zero-order valence-electron chi connectivity index (χ0n) is 9.98. The summed E-state index contributed by atoms with van der Waals surface area (Å²) in [6.07, 6.45) is 2.74. The standard InChI is InChI=1S/C14H17N3/c1-2-10-4-3-5-11(8-10)12-6-7-17-14(16)13(12)9-15/h3-8H,2,9,15H2,1H3,(H2,16,17). The highest BCUT2D eigenvalue weighted by atomic mass is 14.8. The summed E-state index contributed by atoms with van der Waals surface area (Å²) in [6, 6.07) is 10.4. The zero-order chi connectivity index (χ0) is 12.3. The van der Waals surface area contributed by atoms with Gasteiger partial charge in [0.2, 0.25) is 0 Å². The number of anilines is 1. The number of aromatic nitrogens is 1. The first kappa shape index (κ1) is 11.6. The van der Waals surface area contributed by atoms with E-state index in [0.717, 1.165) is 23.1 Å². The molecule has 0 atom stereocenters. The number of benzene rings is 1. The second kappa shape index (κ2) is 4.97. The van der Waals surface area contributed by atoms with E-state index in [0.29, 0.717) is 12.4 Å². The Bertz CT molecular complexity index is 521. The van der Waals surface area contributed by atoms with E-state index in [1.807, 2.05) is 6.07 Å². The largest absolute Gasteiger partial charge is 0.383 e. The van der Waals surface area contributed by atoms with Crippen LogP contribution in [-0.4, -0.2) is 4.98 Å². The van der Waals surface area contributed by atoms with Crippen molar-refractivity contribution in [3.63, 3.8) is 0 Å². The Balaban J connectivity index is 2.55. The second-order valence-corrected chi connectivity index (χ2v) is 3.98. The van der Waals surface area contributed by atoms with Crippen LogP contribution in [0.5, 0.6) is 0 Å². The third-order valence-corrected chi connectivity index (χ3v) is 2.94. The van der Waals surface area contributed by atoms with Gasteiger partial charge in [-0.05, 0) is 29.2 Å². The molecular weight excluding hydrogens is 210 g/mol. The maximum atomic E-state index is 5.85. The molecule has 2 aromatic rings. The van der Waals surface area contributed by atoms with Gasteiger partial charge in [0.15, 0.2) is 0 Å². The first-order valence-electron chi connectivity index (χ1n) is 5.79. The molecule has 0 fully saturated rings. The third kappa shape index (κ3) is 2.29. The molecule has 0 radical (unpaired) electrons. The normalized spacial score (nSPS) is 10.5. The molecule has 17 heavy (non-hydrogen) atoms. The predicted molar refractivity (Wildman–Crippen MR) is 71.4 cm³/mol. The van der Waals surface area contributed by atoms with E-state index in [2.05, 4.69) is 36.2 Å². The number of hydrogen-bond donors (Lipinski definition) is 2. The van der Waals surface area contributed by atoms with Gasteiger partial charge < -0.3 is 11.5 Å². The number of rotatable bonds is 3. The van der Waals surface area contributed by atoms with E-state index >= 15 is 0 Å². The van der Waals surface area contributed by atoms with Gasteiger partial charge in [-0.15, -0.1) is 0 Å². The van der Waals surface area contributed by atoms with E-state index in [9.17, 15) is 0 Å². The van der Waals surface area contributed by atoms with Crippen molar-refractivity contribution in [2.24, 2.45) is 5.73 Å². The van der Waals surface area contributed by atoms with Gasteiger partial charge >= 0.3 is 0 Å². The lowest BCUT2D eigenvalue weighted by Gasteiger charge is -2.10. The first-order valence-corrected chi connectivity index (χ1v) is 5.79. The quantitative estimate of drug-likeness (QED) is 0.846. The van der Waals surface area contributed by atoms with Crippen molar-refractivity contribution < 1.29 is 0 Å². The minimum Gasteiger partial charge on any atom is -0.383 e. The van der Waals surface area contributed by atoms with Gasteiger partial charge in [-0.1, -0.05) is 31.2 Å². The first-order chi connectivity index (χ1) is 8.26. The van der Waals surface area contributed by atoms with Gasteiger partial charge in [-0.3, -0.25) is 0 Å². The fraction of sp³-hybridized carbons (Fsp3) is 0.214. The Morgan fingerprint density at radius 2 is 2.06 bits per heavy atom. The Morgan fingerprint density at radius 3 is 2.76 bits per heavy atom. The van der Waals surface area contributed by atoms with Crippen molar-refractivity contribution in [2.75, 3.05) is 5.73 Å². The number of aryl methyl sites for hydroxylation is 1. The van der Waals surface area contributed by atoms with Gasteiger partial charge in [-0.2, -0.15) is 0 Å². The molecule has 0 saturated heterocycles. The highest BCUT2D eigenvalue weighted by Gasteiger charge is 2.07. The molecule has 0 bridgehead atoms. The summed E-state index contributed by atoms with van der Waals surface area (Å²) < 4.78 is 0. The van der Waals surface area contributed by atoms with Crippen LogP contribution in [0.2, 0.25) is 0 Å². The van der Waals surface area contributed by atoms with Crippen molar-refractivity contribution in [3.05, 3.63) is 47.7 Å². The number of hydrogen-bond acceptors (Lipinski definition) is 3. The summed E-state index contributed by atoms with van der Waals surface area (Å²) in [6.45, 7) is 2.55. The van der Waals surface area contributed by atoms with Crippen LogP contribution in [0.25, 0.3) is 11.1 Å². The van der Waals surface area contributed by atoms with E-state index in [1.54, 1.807) is 6.20 Å². The van der Waals surface area contributed by atoms with E-state index in [-0.39, 0.29) is 0 Å². The highest BCUT2D eigenvalue weighted by molar-refractivity contribution is 5.71. The molecule has 0 amide bonds. The zero-order valence-corrected chi connectivity index (χ0v) is 9.98. The molecule has 88 valence electrons. The molecule has 0 unspecified atom stereocenters. The Hall–Kier alpha value is -1.87. The smallest absolute Gasteiger partial charge is 0.128 e. The topological polar surface area (TPSA) is 64.9 Å². The molecule has 2 rings (SSSR count). The van der Waals surface area contributed by atoms with Crippen LogP contribution in [0.1, 0.15) is 18.1 Å². The summed E-state index contributed by atoms with van der Waals surface area (Å²) in [5.41, 5.74) is 16.0. The minimum atomic E-state index is 0.408. The molecule has 0 aliphatic rings. The van der Waals surface area contributed by atoms with Gasteiger partial charge in [0, 0.05) is 18.3 Å². The van der Waals surface area contributed by atoms with Crippen LogP contribution < -0.4 is 11.5 Å². The van der Waals surface area contributed by atoms with E-state index in [1.165, 1.54) is 5.56 Å². The molecule has 1 aromatic carbocycles. The fourth-order valence-corrected chi connectivity index (χ4v) is 1.95. The SMILES string of the molecule is CCc1cccc(-c2ccnc(N)c2CN)c1. The van der Waals surface area contributed by atoms with Crippen molar-refractivity contribution in [3.8, 4) is 11.1 Å². The van der Waals surface area contributed by atoms with Crippen molar-refractivity contribution in [2.45, 2.75) is 19.9 Å². The van der Waals surface area contributed by atoms with Crippen molar-refractivity contribution >= 4 is 5.82 Å². The van der Waals surface area contributed by atoms with E-state index in [4.69, 9.17) is 11.5 Å². The lowest BCUT2D eigenvalue weighted by atomic mass is 9.98. The summed E-state index contributed by atoms with van der Waals surface area (Å²) >= 11 is 0. The van der Waals surface area contributed by atoms with Gasteiger partial charge in [0.25, 0.3) is 0 Å².